The van der Waals surface area contributed by atoms with Crippen molar-refractivity contribution in [2.45, 2.75) is 10.8 Å². The van der Waals surface area contributed by atoms with Gasteiger partial charge in [-0.2, -0.15) is 0 Å². The fraction of sp³-hybridized carbons (Fsp3) is 0.0833. The molecule has 0 bridgehead atoms. The largest absolute Gasteiger partial charge is 0.768 e. The van der Waals surface area contributed by atoms with E-state index in [1.54, 1.807) is 30.3 Å². The summed E-state index contributed by atoms with van der Waals surface area (Å²) in [6, 6.07) is 12.1. The first kappa shape index (κ1) is 16.7. The molecule has 1 heterocycles. The van der Waals surface area contributed by atoms with Crippen LogP contribution in [0.3, 0.4) is 0 Å². The van der Waals surface area contributed by atoms with Gasteiger partial charge in [0.2, 0.25) is 0 Å². The van der Waals surface area contributed by atoms with E-state index in [-0.39, 0.29) is 42.8 Å². The van der Waals surface area contributed by atoms with Crippen LogP contribution in [0.4, 0.5) is 0 Å². The third-order valence-electron chi connectivity index (χ3n) is 2.26. The first-order chi connectivity index (χ1) is 8.66. The van der Waals surface area contributed by atoms with Crippen molar-refractivity contribution in [3.8, 4) is 0 Å². The average molecular weight is 369 g/mol. The molecule has 0 spiro atoms. The number of carbonyl (C=O) groups excluding carboxylic acids is 1. The zero-order chi connectivity index (χ0) is 13.0. The minimum absolute atomic E-state index is 0. The summed E-state index contributed by atoms with van der Waals surface area (Å²) in [5.41, 5.74) is 0.585. The van der Waals surface area contributed by atoms with Crippen LogP contribution < -0.4 is 5.32 Å². The molecule has 7 heteroatoms. The van der Waals surface area contributed by atoms with Gasteiger partial charge in [0.1, 0.15) is 0 Å². The number of amides is 1. The van der Waals surface area contributed by atoms with Crippen molar-refractivity contribution in [2.75, 3.05) is 0 Å². The third-order valence-corrected chi connectivity index (χ3v) is 4.26. The van der Waals surface area contributed by atoms with Crippen LogP contribution in [0.1, 0.15) is 15.2 Å². The van der Waals surface area contributed by atoms with Crippen LogP contribution in [0, 0.1) is 0 Å². The number of rotatable bonds is 4. The van der Waals surface area contributed by atoms with Gasteiger partial charge in [-0.15, -0.1) is 11.3 Å². The van der Waals surface area contributed by atoms with Gasteiger partial charge in [0.05, 0.1) is 10.8 Å². The number of nitrogens with one attached hydrogen (secondary N) is 1. The summed E-state index contributed by atoms with van der Waals surface area (Å²) in [7, 11) is 0. The van der Waals surface area contributed by atoms with Gasteiger partial charge in [0.15, 0.2) is 0 Å². The molecule has 0 aliphatic rings. The van der Waals surface area contributed by atoms with Crippen LogP contribution in [0.5, 0.6) is 0 Å². The zero-order valence-corrected chi connectivity index (χ0v) is 14.3. The van der Waals surface area contributed by atoms with Gasteiger partial charge in [0.25, 0.3) is 5.91 Å². The predicted molar refractivity (Wildman–Crippen MR) is 69.1 cm³/mol. The maximum Gasteiger partial charge on any atom is 0.251 e. The summed E-state index contributed by atoms with van der Waals surface area (Å²) in [5, 5.41) is 2.74. The molecule has 0 fully saturated rings. The Bertz CT molecular complexity index is 571. The van der Waals surface area contributed by atoms with Crippen molar-refractivity contribution < 1.29 is 46.3 Å². The first-order valence-corrected chi connectivity index (χ1v) is 7.07. The Morgan fingerprint density at radius 1 is 1.21 bits per heavy atom. The second-order valence-corrected chi connectivity index (χ2v) is 5.84. The number of hydrogen-bond donors (Lipinski definition) is 1. The standard InChI is InChI=1S/C12H11NO3S2.Y/c14-12(9-4-2-1-3-5-9)13-8-10-6-7-11(17-10)18(15)16;/h1-7H,8H2,(H,13,14)(H,15,16);/p-1. The van der Waals surface area contributed by atoms with Crippen molar-refractivity contribution >= 4 is 28.3 Å². The van der Waals surface area contributed by atoms with Crippen LogP contribution in [0.15, 0.2) is 46.7 Å². The van der Waals surface area contributed by atoms with E-state index in [0.29, 0.717) is 12.1 Å². The summed E-state index contributed by atoms with van der Waals surface area (Å²) >= 11 is -1.05. The number of hydrogen-bond acceptors (Lipinski definition) is 4. The molecular formula is C12H10NO3S2Y-. The van der Waals surface area contributed by atoms with Crippen molar-refractivity contribution in [3.63, 3.8) is 0 Å². The van der Waals surface area contributed by atoms with Crippen LogP contribution >= 0.6 is 11.3 Å². The average Bonchev–Trinajstić information content (AvgIpc) is 2.86. The van der Waals surface area contributed by atoms with Gasteiger partial charge in [-0.3, -0.25) is 9.00 Å². The van der Waals surface area contributed by atoms with Crippen LogP contribution in [-0.4, -0.2) is 14.7 Å². The fourth-order valence-electron chi connectivity index (χ4n) is 1.40. The van der Waals surface area contributed by atoms with E-state index in [9.17, 15) is 13.6 Å². The number of carbonyl (C=O) groups is 1. The summed E-state index contributed by atoms with van der Waals surface area (Å²) < 4.78 is 21.7. The molecule has 1 atom stereocenters. The van der Waals surface area contributed by atoms with E-state index in [4.69, 9.17) is 0 Å². The summed E-state index contributed by atoms with van der Waals surface area (Å²) in [6.07, 6.45) is 0. The van der Waals surface area contributed by atoms with Gasteiger partial charge < -0.3 is 9.87 Å². The van der Waals surface area contributed by atoms with E-state index < -0.39 is 11.1 Å². The Morgan fingerprint density at radius 3 is 2.47 bits per heavy atom. The van der Waals surface area contributed by atoms with Gasteiger partial charge in [-0.05, 0) is 35.3 Å². The SMILES string of the molecule is O=C(NCc1ccc(S(=O)[O-])s1)c1ccccc1.[Y]. The summed E-state index contributed by atoms with van der Waals surface area (Å²) in [5.74, 6) is -0.172. The van der Waals surface area contributed by atoms with E-state index in [1.807, 2.05) is 6.07 Å². The smallest absolute Gasteiger partial charge is 0.251 e. The van der Waals surface area contributed by atoms with Gasteiger partial charge in [0, 0.05) is 43.1 Å². The summed E-state index contributed by atoms with van der Waals surface area (Å²) in [6.45, 7) is 0.329. The van der Waals surface area contributed by atoms with Crippen molar-refractivity contribution in [3.05, 3.63) is 52.9 Å². The molecule has 1 radical (unpaired) electrons. The minimum Gasteiger partial charge on any atom is -0.768 e. The minimum atomic E-state index is -2.20. The van der Waals surface area contributed by atoms with Crippen molar-refractivity contribution in [1.29, 1.82) is 0 Å². The maximum absolute atomic E-state index is 11.7. The molecule has 19 heavy (non-hydrogen) atoms. The zero-order valence-electron chi connectivity index (χ0n) is 9.87. The predicted octanol–water partition coefficient (Wildman–Crippen LogP) is 1.91. The quantitative estimate of drug-likeness (QED) is 0.838. The summed E-state index contributed by atoms with van der Waals surface area (Å²) in [4.78, 5) is 12.5. The molecule has 1 unspecified atom stereocenters. The van der Waals surface area contributed by atoms with E-state index >= 15 is 0 Å². The normalized spacial score (nSPS) is 11.4. The van der Waals surface area contributed by atoms with Crippen molar-refractivity contribution in [1.82, 2.24) is 5.32 Å². The molecule has 2 aromatic rings. The molecule has 1 aromatic carbocycles. The Labute approximate surface area is 142 Å². The van der Waals surface area contributed by atoms with E-state index in [2.05, 4.69) is 5.32 Å². The van der Waals surface area contributed by atoms with Crippen molar-refractivity contribution in [2.24, 2.45) is 0 Å². The molecule has 1 amide bonds. The molecule has 1 aromatic heterocycles. The van der Waals surface area contributed by atoms with E-state index in [0.717, 1.165) is 16.2 Å². The molecule has 97 valence electrons. The Balaban J connectivity index is 0.00000180. The third kappa shape index (κ3) is 4.89. The second-order valence-electron chi connectivity index (χ2n) is 3.50. The molecule has 4 nitrogen and oxygen atoms in total. The van der Waals surface area contributed by atoms with Crippen LogP contribution in [0.25, 0.3) is 0 Å². The molecule has 0 saturated heterocycles. The topological polar surface area (TPSA) is 69.2 Å². The number of thiophene rings is 1. The number of benzene rings is 1. The molecule has 2 rings (SSSR count). The fourth-order valence-corrected chi connectivity index (χ4v) is 2.85. The Morgan fingerprint density at radius 2 is 1.89 bits per heavy atom. The second kappa shape index (κ2) is 8.02. The molecular weight excluding hydrogens is 359 g/mol. The van der Waals surface area contributed by atoms with Crippen LogP contribution in [-0.2, 0) is 50.3 Å². The Kier molecular flexibility index (Phi) is 7.03. The maximum atomic E-state index is 11.7. The van der Waals surface area contributed by atoms with Gasteiger partial charge in [-0.1, -0.05) is 18.2 Å². The Hall–Kier alpha value is -0.396. The molecule has 0 aliphatic heterocycles. The first-order valence-electron chi connectivity index (χ1n) is 5.18. The molecule has 1 N–H and O–H groups in total. The van der Waals surface area contributed by atoms with Crippen LogP contribution in [0.2, 0.25) is 0 Å². The molecule has 0 saturated carbocycles. The monoisotopic (exact) mass is 369 g/mol. The molecule has 0 aliphatic carbocycles. The van der Waals surface area contributed by atoms with Gasteiger partial charge in [-0.25, -0.2) is 0 Å². The van der Waals surface area contributed by atoms with E-state index in [1.165, 1.54) is 6.07 Å². The van der Waals surface area contributed by atoms with Gasteiger partial charge >= 0.3 is 0 Å².